The van der Waals surface area contributed by atoms with E-state index >= 15 is 0 Å². The lowest BCUT2D eigenvalue weighted by Crippen LogP contribution is -2.41. The van der Waals surface area contributed by atoms with Crippen LogP contribution >= 0.6 is 11.6 Å². The van der Waals surface area contributed by atoms with Crippen LogP contribution in [0.15, 0.2) is 12.1 Å². The highest BCUT2D eigenvalue weighted by atomic mass is 35.5. The molecule has 0 heterocycles. The Morgan fingerprint density at radius 2 is 1.95 bits per heavy atom. The first kappa shape index (κ1) is 16.0. The Morgan fingerprint density at radius 3 is 2.57 bits per heavy atom. The molecular weight excluding hydrogens is 290 g/mol. The van der Waals surface area contributed by atoms with Gasteiger partial charge in [-0.15, -0.1) is 0 Å². The van der Waals surface area contributed by atoms with Crippen molar-refractivity contribution in [2.24, 2.45) is 5.92 Å². The van der Waals surface area contributed by atoms with Crippen LogP contribution in [0.5, 0.6) is 11.5 Å². The van der Waals surface area contributed by atoms with Gasteiger partial charge in [-0.2, -0.15) is 0 Å². The molecule has 1 aromatic rings. The lowest BCUT2D eigenvalue weighted by atomic mass is 9.86. The molecule has 5 heteroatoms. The summed E-state index contributed by atoms with van der Waals surface area (Å²) in [6.45, 7) is 2.19. The number of hydrogen-bond acceptors (Lipinski definition) is 3. The summed E-state index contributed by atoms with van der Waals surface area (Å²) in [7, 11) is 3.05. The Kier molecular flexibility index (Phi) is 5.34. The van der Waals surface area contributed by atoms with Crippen LogP contribution in [-0.4, -0.2) is 26.2 Å². The Bertz CT molecular complexity index is 518. The molecule has 2 atom stereocenters. The van der Waals surface area contributed by atoms with Crippen molar-refractivity contribution in [2.75, 3.05) is 14.2 Å². The largest absolute Gasteiger partial charge is 0.493 e. The first-order valence-electron chi connectivity index (χ1n) is 7.29. The molecule has 21 heavy (non-hydrogen) atoms. The molecule has 1 saturated carbocycles. The van der Waals surface area contributed by atoms with Crippen LogP contribution < -0.4 is 14.8 Å². The molecule has 1 N–H and O–H groups in total. The van der Waals surface area contributed by atoms with Crippen molar-refractivity contribution < 1.29 is 14.3 Å². The van der Waals surface area contributed by atoms with Gasteiger partial charge in [-0.25, -0.2) is 0 Å². The number of methoxy groups -OCH3 is 2. The highest BCUT2D eigenvalue weighted by Crippen LogP contribution is 2.36. The van der Waals surface area contributed by atoms with Gasteiger partial charge in [0.15, 0.2) is 11.5 Å². The fourth-order valence-electron chi connectivity index (χ4n) is 2.83. The topological polar surface area (TPSA) is 47.6 Å². The number of rotatable bonds is 4. The fourth-order valence-corrected chi connectivity index (χ4v) is 3.12. The van der Waals surface area contributed by atoms with Gasteiger partial charge in [0.25, 0.3) is 5.91 Å². The summed E-state index contributed by atoms with van der Waals surface area (Å²) < 4.78 is 10.4. The summed E-state index contributed by atoms with van der Waals surface area (Å²) in [5.41, 5.74) is 0.496. The molecular formula is C16H22ClNO3. The van der Waals surface area contributed by atoms with E-state index in [0.29, 0.717) is 28.0 Å². The van der Waals surface area contributed by atoms with E-state index in [1.165, 1.54) is 27.1 Å². The number of hydrogen-bond donors (Lipinski definition) is 1. The zero-order valence-corrected chi connectivity index (χ0v) is 13.5. The molecule has 0 aromatic heterocycles. The normalized spacial score (nSPS) is 21.7. The molecule has 0 spiro atoms. The van der Waals surface area contributed by atoms with Crippen LogP contribution in [0, 0.1) is 5.92 Å². The van der Waals surface area contributed by atoms with Gasteiger partial charge in [0, 0.05) is 11.6 Å². The van der Waals surface area contributed by atoms with Gasteiger partial charge in [-0.1, -0.05) is 31.4 Å². The first-order valence-corrected chi connectivity index (χ1v) is 7.67. The molecule has 1 amide bonds. The van der Waals surface area contributed by atoms with Crippen molar-refractivity contribution in [2.45, 2.75) is 38.6 Å². The van der Waals surface area contributed by atoms with Crippen LogP contribution in [0.25, 0.3) is 0 Å². The minimum atomic E-state index is -0.114. The van der Waals surface area contributed by atoms with E-state index in [4.69, 9.17) is 21.1 Å². The number of nitrogens with one attached hydrogen (secondary N) is 1. The van der Waals surface area contributed by atoms with E-state index < -0.39 is 0 Å². The molecule has 4 nitrogen and oxygen atoms in total. The molecule has 1 aliphatic rings. The number of carbonyl (C=O) groups excluding carboxylic acids is 1. The van der Waals surface area contributed by atoms with Gasteiger partial charge < -0.3 is 14.8 Å². The molecule has 0 radical (unpaired) electrons. The third-order valence-corrected chi connectivity index (χ3v) is 4.40. The molecule has 1 aromatic carbocycles. The summed E-state index contributed by atoms with van der Waals surface area (Å²) in [5, 5.41) is 3.48. The maximum absolute atomic E-state index is 12.4. The highest BCUT2D eigenvalue weighted by molar-refractivity contribution is 6.32. The van der Waals surface area contributed by atoms with Gasteiger partial charge in [0.1, 0.15) is 0 Å². The van der Waals surface area contributed by atoms with Gasteiger partial charge in [-0.3, -0.25) is 4.79 Å². The second-order valence-corrected chi connectivity index (χ2v) is 5.94. The zero-order valence-electron chi connectivity index (χ0n) is 12.7. The van der Waals surface area contributed by atoms with Gasteiger partial charge >= 0.3 is 0 Å². The number of carbonyl (C=O) groups is 1. The molecule has 116 valence electrons. The highest BCUT2D eigenvalue weighted by Gasteiger charge is 2.24. The molecule has 0 aliphatic heterocycles. The maximum atomic E-state index is 12.4. The van der Waals surface area contributed by atoms with Crippen LogP contribution in [-0.2, 0) is 0 Å². The van der Waals surface area contributed by atoms with E-state index in [9.17, 15) is 4.79 Å². The quantitative estimate of drug-likeness (QED) is 0.923. The minimum absolute atomic E-state index is 0.114. The van der Waals surface area contributed by atoms with Crippen LogP contribution in [0.2, 0.25) is 5.02 Å². The van der Waals surface area contributed by atoms with Gasteiger partial charge in [0.2, 0.25) is 0 Å². The average Bonchev–Trinajstić information content (AvgIpc) is 2.48. The maximum Gasteiger partial charge on any atom is 0.251 e. The number of halogens is 1. The van der Waals surface area contributed by atoms with E-state index in [2.05, 4.69) is 12.2 Å². The summed E-state index contributed by atoms with van der Waals surface area (Å²) in [6.07, 6.45) is 4.61. The van der Waals surface area contributed by atoms with E-state index in [-0.39, 0.29) is 11.9 Å². The third-order valence-electron chi connectivity index (χ3n) is 4.12. The van der Waals surface area contributed by atoms with E-state index in [1.807, 2.05) is 0 Å². The third kappa shape index (κ3) is 3.62. The predicted molar refractivity (Wildman–Crippen MR) is 83.4 cm³/mol. The van der Waals surface area contributed by atoms with Crippen molar-refractivity contribution in [3.8, 4) is 11.5 Å². The molecule has 0 saturated heterocycles. The Hall–Kier alpha value is -1.42. The lowest BCUT2D eigenvalue weighted by Gasteiger charge is -2.29. The Morgan fingerprint density at radius 1 is 1.24 bits per heavy atom. The molecule has 2 rings (SSSR count). The number of benzene rings is 1. The molecule has 2 unspecified atom stereocenters. The predicted octanol–water partition coefficient (Wildman–Crippen LogP) is 3.67. The second-order valence-electron chi connectivity index (χ2n) is 5.54. The van der Waals surface area contributed by atoms with Crippen LogP contribution in [0.4, 0.5) is 0 Å². The van der Waals surface area contributed by atoms with Crippen molar-refractivity contribution in [3.63, 3.8) is 0 Å². The standard InChI is InChI=1S/C16H22ClNO3/c1-10-6-4-5-7-13(10)18-16(19)11-8-12(17)15(21-3)14(9-11)20-2/h8-10,13H,4-7H2,1-3H3,(H,18,19). The van der Waals surface area contributed by atoms with Crippen molar-refractivity contribution in [1.82, 2.24) is 5.32 Å². The molecule has 1 fully saturated rings. The first-order chi connectivity index (χ1) is 10.1. The van der Waals surface area contributed by atoms with Crippen LogP contribution in [0.1, 0.15) is 43.0 Å². The summed E-state index contributed by atoms with van der Waals surface area (Å²) in [5.74, 6) is 1.31. The molecule has 1 aliphatic carbocycles. The zero-order chi connectivity index (χ0) is 15.4. The van der Waals surface area contributed by atoms with Gasteiger partial charge in [0.05, 0.1) is 19.2 Å². The minimum Gasteiger partial charge on any atom is -0.493 e. The number of ether oxygens (including phenoxy) is 2. The SMILES string of the molecule is COc1cc(C(=O)NC2CCCCC2C)cc(Cl)c1OC. The van der Waals surface area contributed by atoms with E-state index in [0.717, 1.165) is 12.8 Å². The van der Waals surface area contributed by atoms with Crippen molar-refractivity contribution in [1.29, 1.82) is 0 Å². The van der Waals surface area contributed by atoms with E-state index in [1.54, 1.807) is 12.1 Å². The van der Waals surface area contributed by atoms with Crippen LogP contribution in [0.3, 0.4) is 0 Å². The summed E-state index contributed by atoms with van der Waals surface area (Å²) >= 11 is 6.14. The summed E-state index contributed by atoms with van der Waals surface area (Å²) in [6, 6.07) is 3.51. The second kappa shape index (κ2) is 7.03. The smallest absolute Gasteiger partial charge is 0.251 e. The lowest BCUT2D eigenvalue weighted by molar-refractivity contribution is 0.0910. The van der Waals surface area contributed by atoms with Gasteiger partial charge in [-0.05, 0) is 30.9 Å². The fraction of sp³-hybridized carbons (Fsp3) is 0.562. The van der Waals surface area contributed by atoms with Crippen molar-refractivity contribution in [3.05, 3.63) is 22.7 Å². The van der Waals surface area contributed by atoms with Crippen molar-refractivity contribution >= 4 is 17.5 Å². The Balaban J connectivity index is 2.17. The number of amides is 1. The molecule has 0 bridgehead atoms. The summed E-state index contributed by atoms with van der Waals surface area (Å²) in [4.78, 5) is 12.4. The average molecular weight is 312 g/mol. The Labute approximate surface area is 130 Å². The monoisotopic (exact) mass is 311 g/mol.